The van der Waals surface area contributed by atoms with Gasteiger partial charge in [-0.15, -0.1) is 0 Å². The standard InChI is InChI=1S/C12H10ClFN2/c13-9-2-3-11(14)10(5-9)12-4-1-8(6-15)7-16-12/h1-5,7H,6,15H2. The van der Waals surface area contributed by atoms with Crippen molar-refractivity contribution in [1.82, 2.24) is 4.98 Å². The highest BCUT2D eigenvalue weighted by Crippen LogP contribution is 2.24. The number of nitrogens with zero attached hydrogens (tertiary/aromatic N) is 1. The van der Waals surface area contributed by atoms with Crippen molar-refractivity contribution in [3.8, 4) is 11.3 Å². The van der Waals surface area contributed by atoms with Gasteiger partial charge < -0.3 is 5.73 Å². The Kier molecular flexibility index (Phi) is 3.17. The van der Waals surface area contributed by atoms with E-state index in [1.807, 2.05) is 6.07 Å². The normalized spacial score (nSPS) is 10.4. The molecule has 4 heteroatoms. The molecule has 0 atom stereocenters. The number of halogens is 2. The van der Waals surface area contributed by atoms with Crippen LogP contribution in [0.3, 0.4) is 0 Å². The minimum atomic E-state index is -0.336. The Morgan fingerprint density at radius 2 is 2.06 bits per heavy atom. The first-order chi connectivity index (χ1) is 7.70. The summed E-state index contributed by atoms with van der Waals surface area (Å²) in [7, 11) is 0. The molecule has 0 bridgehead atoms. The van der Waals surface area contributed by atoms with Gasteiger partial charge in [-0.2, -0.15) is 0 Å². The molecule has 2 N–H and O–H groups in total. The predicted octanol–water partition coefficient (Wildman–Crippen LogP) is 3.00. The maximum Gasteiger partial charge on any atom is 0.132 e. The summed E-state index contributed by atoms with van der Waals surface area (Å²) in [6.45, 7) is 0.422. The van der Waals surface area contributed by atoms with Gasteiger partial charge in [0.1, 0.15) is 5.82 Å². The Bertz CT molecular complexity index is 497. The summed E-state index contributed by atoms with van der Waals surface area (Å²) in [5, 5.41) is 0.487. The van der Waals surface area contributed by atoms with E-state index < -0.39 is 0 Å². The second-order valence-electron chi connectivity index (χ2n) is 3.38. The maximum atomic E-state index is 13.5. The highest BCUT2D eigenvalue weighted by molar-refractivity contribution is 6.30. The van der Waals surface area contributed by atoms with Crippen LogP contribution in [0.25, 0.3) is 11.3 Å². The summed E-state index contributed by atoms with van der Waals surface area (Å²) in [6, 6.07) is 7.95. The van der Waals surface area contributed by atoms with Crippen molar-refractivity contribution in [1.29, 1.82) is 0 Å². The fourth-order valence-electron chi connectivity index (χ4n) is 1.40. The Hall–Kier alpha value is -1.45. The Labute approximate surface area is 97.9 Å². The van der Waals surface area contributed by atoms with Crippen molar-refractivity contribution in [2.75, 3.05) is 0 Å². The Balaban J connectivity index is 2.45. The highest BCUT2D eigenvalue weighted by Gasteiger charge is 2.06. The van der Waals surface area contributed by atoms with Gasteiger partial charge in [-0.1, -0.05) is 17.7 Å². The summed E-state index contributed by atoms with van der Waals surface area (Å²) in [5.74, 6) is -0.336. The average Bonchev–Trinajstić information content (AvgIpc) is 2.32. The first kappa shape index (κ1) is 11.0. The van der Waals surface area contributed by atoms with Crippen LogP contribution < -0.4 is 5.73 Å². The number of benzene rings is 1. The van der Waals surface area contributed by atoms with Crippen molar-refractivity contribution in [3.05, 3.63) is 52.9 Å². The molecule has 0 saturated carbocycles. The van der Waals surface area contributed by atoms with E-state index in [0.717, 1.165) is 5.56 Å². The second kappa shape index (κ2) is 4.60. The molecule has 0 spiro atoms. The molecule has 0 aliphatic carbocycles. The third-order valence-corrected chi connectivity index (χ3v) is 2.50. The van der Waals surface area contributed by atoms with Gasteiger partial charge >= 0.3 is 0 Å². The van der Waals surface area contributed by atoms with Gasteiger partial charge in [0.25, 0.3) is 0 Å². The predicted molar refractivity (Wildman–Crippen MR) is 62.5 cm³/mol. The summed E-state index contributed by atoms with van der Waals surface area (Å²) in [6.07, 6.45) is 1.63. The van der Waals surface area contributed by atoms with Gasteiger partial charge in [-0.05, 0) is 29.8 Å². The SMILES string of the molecule is NCc1ccc(-c2cc(Cl)ccc2F)nc1. The molecule has 0 saturated heterocycles. The molecule has 1 aromatic carbocycles. The molecular formula is C12H10ClFN2. The minimum absolute atomic E-state index is 0.336. The monoisotopic (exact) mass is 236 g/mol. The van der Waals surface area contributed by atoms with Gasteiger partial charge in [0.05, 0.1) is 5.69 Å². The molecule has 0 aliphatic heterocycles. The number of hydrogen-bond donors (Lipinski definition) is 1. The minimum Gasteiger partial charge on any atom is -0.326 e. The first-order valence-corrected chi connectivity index (χ1v) is 5.19. The molecule has 0 amide bonds. The smallest absolute Gasteiger partial charge is 0.132 e. The number of nitrogens with two attached hydrogens (primary N) is 1. The zero-order valence-electron chi connectivity index (χ0n) is 8.45. The van der Waals surface area contributed by atoms with Crippen LogP contribution in [0.1, 0.15) is 5.56 Å². The first-order valence-electron chi connectivity index (χ1n) is 4.81. The van der Waals surface area contributed by atoms with Crippen molar-refractivity contribution >= 4 is 11.6 Å². The zero-order chi connectivity index (χ0) is 11.5. The lowest BCUT2D eigenvalue weighted by molar-refractivity contribution is 0.630. The van der Waals surface area contributed by atoms with Crippen LogP contribution in [0, 0.1) is 5.82 Å². The quantitative estimate of drug-likeness (QED) is 0.871. The van der Waals surface area contributed by atoms with Crippen LogP contribution in [-0.4, -0.2) is 4.98 Å². The number of aromatic nitrogens is 1. The summed E-state index contributed by atoms with van der Waals surface area (Å²) in [4.78, 5) is 4.14. The van der Waals surface area contributed by atoms with E-state index in [1.54, 1.807) is 18.3 Å². The lowest BCUT2D eigenvalue weighted by Gasteiger charge is -2.04. The van der Waals surface area contributed by atoms with Gasteiger partial charge in [-0.3, -0.25) is 4.98 Å². The van der Waals surface area contributed by atoms with Crippen molar-refractivity contribution in [3.63, 3.8) is 0 Å². The van der Waals surface area contributed by atoms with E-state index in [2.05, 4.69) is 4.98 Å². The molecule has 2 nitrogen and oxygen atoms in total. The lowest BCUT2D eigenvalue weighted by atomic mass is 10.1. The molecular weight excluding hydrogens is 227 g/mol. The van der Waals surface area contributed by atoms with Gasteiger partial charge in [-0.25, -0.2) is 4.39 Å². The number of rotatable bonds is 2. The van der Waals surface area contributed by atoms with Gasteiger partial charge in [0.15, 0.2) is 0 Å². The van der Waals surface area contributed by atoms with Crippen LogP contribution in [0.15, 0.2) is 36.5 Å². The van der Waals surface area contributed by atoms with Crippen LogP contribution in [0.4, 0.5) is 4.39 Å². The summed E-state index contributed by atoms with van der Waals surface area (Å²) in [5.41, 5.74) is 7.32. The van der Waals surface area contributed by atoms with E-state index in [1.165, 1.54) is 12.1 Å². The molecule has 2 rings (SSSR count). The fraction of sp³-hybridized carbons (Fsp3) is 0.0833. The fourth-order valence-corrected chi connectivity index (χ4v) is 1.57. The van der Waals surface area contributed by atoms with Crippen LogP contribution >= 0.6 is 11.6 Å². The van der Waals surface area contributed by atoms with E-state index in [4.69, 9.17) is 17.3 Å². The van der Waals surface area contributed by atoms with Crippen molar-refractivity contribution in [2.45, 2.75) is 6.54 Å². The summed E-state index contributed by atoms with van der Waals surface area (Å²) < 4.78 is 13.5. The maximum absolute atomic E-state index is 13.5. The topological polar surface area (TPSA) is 38.9 Å². The van der Waals surface area contributed by atoms with Gasteiger partial charge in [0, 0.05) is 23.3 Å². The molecule has 1 heterocycles. The number of pyridine rings is 1. The van der Waals surface area contributed by atoms with Crippen LogP contribution in [-0.2, 0) is 6.54 Å². The third kappa shape index (κ3) is 2.21. The molecule has 2 aromatic rings. The largest absolute Gasteiger partial charge is 0.326 e. The number of hydrogen-bond acceptors (Lipinski definition) is 2. The van der Waals surface area contributed by atoms with Crippen molar-refractivity contribution < 1.29 is 4.39 Å². The molecule has 16 heavy (non-hydrogen) atoms. The molecule has 82 valence electrons. The van der Waals surface area contributed by atoms with Crippen molar-refractivity contribution in [2.24, 2.45) is 5.73 Å². The molecule has 0 fully saturated rings. The molecule has 0 aliphatic rings. The second-order valence-corrected chi connectivity index (χ2v) is 3.82. The Morgan fingerprint density at radius 1 is 1.25 bits per heavy atom. The third-order valence-electron chi connectivity index (χ3n) is 2.26. The average molecular weight is 237 g/mol. The zero-order valence-corrected chi connectivity index (χ0v) is 9.21. The summed E-state index contributed by atoms with van der Waals surface area (Å²) >= 11 is 5.81. The van der Waals surface area contributed by atoms with E-state index in [9.17, 15) is 4.39 Å². The lowest BCUT2D eigenvalue weighted by Crippen LogP contribution is -1.97. The van der Waals surface area contributed by atoms with E-state index >= 15 is 0 Å². The van der Waals surface area contributed by atoms with Crippen LogP contribution in [0.5, 0.6) is 0 Å². The molecule has 1 aromatic heterocycles. The Morgan fingerprint density at radius 3 is 2.69 bits per heavy atom. The van der Waals surface area contributed by atoms with E-state index in [0.29, 0.717) is 22.8 Å². The van der Waals surface area contributed by atoms with Gasteiger partial charge in [0.2, 0.25) is 0 Å². The molecule has 0 radical (unpaired) electrons. The highest BCUT2D eigenvalue weighted by atomic mass is 35.5. The van der Waals surface area contributed by atoms with Crippen LogP contribution in [0.2, 0.25) is 5.02 Å². The molecule has 0 unspecified atom stereocenters. The van der Waals surface area contributed by atoms with E-state index in [-0.39, 0.29) is 5.82 Å².